The number of para-hydroxylation sites is 2. The Labute approximate surface area is 177 Å². The zero-order valence-corrected chi connectivity index (χ0v) is 18.0. The lowest BCUT2D eigenvalue weighted by Crippen LogP contribution is -2.28. The van der Waals surface area contributed by atoms with Gasteiger partial charge in [-0.05, 0) is 55.7 Å². The van der Waals surface area contributed by atoms with Gasteiger partial charge in [0, 0.05) is 17.5 Å². The fourth-order valence-corrected chi connectivity index (χ4v) is 3.27. The number of rotatable bonds is 9. The van der Waals surface area contributed by atoms with Crippen molar-refractivity contribution in [3.8, 4) is 5.75 Å². The first kappa shape index (κ1) is 21.2. The van der Waals surface area contributed by atoms with Gasteiger partial charge in [0.15, 0.2) is 0 Å². The van der Waals surface area contributed by atoms with Crippen molar-refractivity contribution in [1.29, 1.82) is 0 Å². The number of halogens is 1. The number of nitrogens with one attached hydrogen (secondary N) is 1. The van der Waals surface area contributed by atoms with Crippen LogP contribution < -0.4 is 10.1 Å². The van der Waals surface area contributed by atoms with E-state index in [0.29, 0.717) is 13.2 Å². The number of carbonyl (C=O) groups is 1. The van der Waals surface area contributed by atoms with Gasteiger partial charge in [-0.2, -0.15) is 0 Å². The lowest BCUT2D eigenvalue weighted by atomic mass is 10.2. The van der Waals surface area contributed by atoms with Crippen LogP contribution in [0.4, 0.5) is 0 Å². The second-order valence-electron chi connectivity index (χ2n) is 7.51. The van der Waals surface area contributed by atoms with Crippen molar-refractivity contribution in [1.82, 2.24) is 14.9 Å². The van der Waals surface area contributed by atoms with Crippen LogP contribution in [0, 0.1) is 12.8 Å². The molecular formula is C23H28ClN3O2. The third-order valence-electron chi connectivity index (χ3n) is 4.85. The Kier molecular flexibility index (Phi) is 7.15. The SMILES string of the molecule is Cc1cc(OCCCCn2c(CNC(=O)C(C)C)nc3ccccc32)ccc1Cl. The fraction of sp³-hybridized carbons (Fsp3) is 0.391. The Morgan fingerprint density at radius 3 is 2.76 bits per heavy atom. The number of aromatic nitrogens is 2. The van der Waals surface area contributed by atoms with Crippen molar-refractivity contribution < 1.29 is 9.53 Å². The smallest absolute Gasteiger partial charge is 0.222 e. The summed E-state index contributed by atoms with van der Waals surface area (Å²) in [5.41, 5.74) is 3.06. The summed E-state index contributed by atoms with van der Waals surface area (Å²) in [5.74, 6) is 1.73. The van der Waals surface area contributed by atoms with Crippen LogP contribution in [0.1, 0.15) is 38.1 Å². The molecule has 1 N–H and O–H groups in total. The first-order chi connectivity index (χ1) is 14.0. The van der Waals surface area contributed by atoms with E-state index in [1.807, 2.05) is 57.2 Å². The number of ether oxygens (including phenoxy) is 1. The number of aryl methyl sites for hydroxylation is 2. The summed E-state index contributed by atoms with van der Waals surface area (Å²) in [6, 6.07) is 13.8. The average molecular weight is 414 g/mol. The van der Waals surface area contributed by atoms with E-state index < -0.39 is 0 Å². The van der Waals surface area contributed by atoms with Gasteiger partial charge in [0.25, 0.3) is 0 Å². The quantitative estimate of drug-likeness (QED) is 0.495. The molecule has 0 bridgehead atoms. The van der Waals surface area contributed by atoms with Gasteiger partial charge in [-0.3, -0.25) is 4.79 Å². The molecule has 3 aromatic rings. The summed E-state index contributed by atoms with van der Waals surface area (Å²) in [4.78, 5) is 16.7. The molecule has 1 aromatic heterocycles. The van der Waals surface area contributed by atoms with Gasteiger partial charge in [0.1, 0.15) is 11.6 Å². The van der Waals surface area contributed by atoms with E-state index in [-0.39, 0.29) is 11.8 Å². The van der Waals surface area contributed by atoms with Crippen LogP contribution in [0.3, 0.4) is 0 Å². The summed E-state index contributed by atoms with van der Waals surface area (Å²) >= 11 is 6.06. The molecule has 0 aliphatic carbocycles. The van der Waals surface area contributed by atoms with Crippen molar-refractivity contribution in [3.63, 3.8) is 0 Å². The number of hydrogen-bond acceptors (Lipinski definition) is 3. The van der Waals surface area contributed by atoms with E-state index in [2.05, 4.69) is 16.0 Å². The maximum Gasteiger partial charge on any atom is 0.222 e. The summed E-state index contributed by atoms with van der Waals surface area (Å²) in [7, 11) is 0. The second kappa shape index (κ2) is 9.79. The van der Waals surface area contributed by atoms with Crippen LogP contribution >= 0.6 is 11.6 Å². The van der Waals surface area contributed by atoms with E-state index in [4.69, 9.17) is 21.3 Å². The lowest BCUT2D eigenvalue weighted by Gasteiger charge is -2.12. The van der Waals surface area contributed by atoms with Gasteiger partial charge in [0.05, 0.1) is 24.2 Å². The van der Waals surface area contributed by atoms with E-state index in [9.17, 15) is 4.79 Å². The van der Waals surface area contributed by atoms with Crippen LogP contribution in [0.15, 0.2) is 42.5 Å². The lowest BCUT2D eigenvalue weighted by molar-refractivity contribution is -0.124. The molecule has 0 unspecified atom stereocenters. The number of nitrogens with zero attached hydrogens (tertiary/aromatic N) is 2. The number of imidazole rings is 1. The molecule has 5 nitrogen and oxygen atoms in total. The Bertz CT molecular complexity index is 981. The average Bonchev–Trinajstić information content (AvgIpc) is 3.06. The topological polar surface area (TPSA) is 56.1 Å². The van der Waals surface area contributed by atoms with Gasteiger partial charge in [0.2, 0.25) is 5.91 Å². The highest BCUT2D eigenvalue weighted by Gasteiger charge is 2.12. The van der Waals surface area contributed by atoms with Crippen molar-refractivity contribution in [2.75, 3.05) is 6.61 Å². The Hall–Kier alpha value is -2.53. The van der Waals surface area contributed by atoms with Gasteiger partial charge in [-0.25, -0.2) is 4.98 Å². The molecule has 3 rings (SSSR count). The molecule has 2 aromatic carbocycles. The maximum absolute atomic E-state index is 11.9. The van der Waals surface area contributed by atoms with Gasteiger partial charge in [-0.15, -0.1) is 0 Å². The normalized spacial score (nSPS) is 11.2. The molecule has 0 saturated heterocycles. The molecule has 0 aliphatic rings. The Balaban J connectivity index is 1.58. The highest BCUT2D eigenvalue weighted by atomic mass is 35.5. The number of unbranched alkanes of at least 4 members (excludes halogenated alkanes) is 1. The van der Waals surface area contributed by atoms with Gasteiger partial charge in [-0.1, -0.05) is 37.6 Å². The number of benzene rings is 2. The standard InChI is InChI=1S/C23H28ClN3O2/c1-16(2)23(28)25-15-22-26-20-8-4-5-9-21(20)27(22)12-6-7-13-29-18-10-11-19(24)17(3)14-18/h4-5,8-11,14,16H,6-7,12-13,15H2,1-3H3,(H,25,28). The second-order valence-corrected chi connectivity index (χ2v) is 7.91. The summed E-state index contributed by atoms with van der Waals surface area (Å²) in [6.45, 7) is 7.66. The highest BCUT2D eigenvalue weighted by molar-refractivity contribution is 6.31. The number of carbonyl (C=O) groups excluding carboxylic acids is 1. The zero-order valence-electron chi connectivity index (χ0n) is 17.2. The van der Waals surface area contributed by atoms with Crippen LogP contribution in [-0.4, -0.2) is 22.1 Å². The molecule has 0 atom stereocenters. The molecule has 1 amide bonds. The first-order valence-electron chi connectivity index (χ1n) is 10.1. The monoisotopic (exact) mass is 413 g/mol. The zero-order chi connectivity index (χ0) is 20.8. The third kappa shape index (κ3) is 5.51. The number of amides is 1. The summed E-state index contributed by atoms with van der Waals surface area (Å²) in [6.07, 6.45) is 1.88. The van der Waals surface area contributed by atoms with Gasteiger partial charge < -0.3 is 14.6 Å². The Morgan fingerprint density at radius 1 is 1.21 bits per heavy atom. The minimum Gasteiger partial charge on any atom is -0.494 e. The predicted molar refractivity (Wildman–Crippen MR) is 117 cm³/mol. The van der Waals surface area contributed by atoms with Crippen LogP contribution in [0.5, 0.6) is 5.75 Å². The van der Waals surface area contributed by atoms with Crippen molar-refractivity contribution >= 4 is 28.5 Å². The van der Waals surface area contributed by atoms with E-state index in [1.165, 1.54) is 0 Å². The van der Waals surface area contributed by atoms with Crippen LogP contribution in [0.25, 0.3) is 11.0 Å². The Morgan fingerprint density at radius 2 is 2.00 bits per heavy atom. The molecule has 0 saturated carbocycles. The van der Waals surface area contributed by atoms with Crippen molar-refractivity contribution in [2.45, 2.75) is 46.7 Å². The van der Waals surface area contributed by atoms with E-state index in [1.54, 1.807) is 0 Å². The minimum atomic E-state index is -0.0403. The first-order valence-corrected chi connectivity index (χ1v) is 10.4. The molecule has 154 valence electrons. The number of fused-ring (bicyclic) bond motifs is 1. The summed E-state index contributed by atoms with van der Waals surface area (Å²) in [5, 5.41) is 3.73. The third-order valence-corrected chi connectivity index (χ3v) is 5.28. The van der Waals surface area contributed by atoms with Crippen LogP contribution in [-0.2, 0) is 17.9 Å². The molecule has 1 heterocycles. The van der Waals surface area contributed by atoms with Crippen LogP contribution in [0.2, 0.25) is 5.02 Å². The fourth-order valence-electron chi connectivity index (χ4n) is 3.15. The molecule has 0 fully saturated rings. The largest absolute Gasteiger partial charge is 0.494 e. The van der Waals surface area contributed by atoms with E-state index in [0.717, 1.165) is 52.6 Å². The molecule has 0 spiro atoms. The van der Waals surface area contributed by atoms with E-state index >= 15 is 0 Å². The molecule has 0 radical (unpaired) electrons. The summed E-state index contributed by atoms with van der Waals surface area (Å²) < 4.78 is 8.04. The molecule has 29 heavy (non-hydrogen) atoms. The highest BCUT2D eigenvalue weighted by Crippen LogP contribution is 2.21. The molecule has 0 aliphatic heterocycles. The number of hydrogen-bond donors (Lipinski definition) is 1. The molecular weight excluding hydrogens is 386 g/mol. The minimum absolute atomic E-state index is 0.0373. The van der Waals surface area contributed by atoms with Crippen molar-refractivity contribution in [2.24, 2.45) is 5.92 Å². The van der Waals surface area contributed by atoms with Crippen molar-refractivity contribution in [3.05, 3.63) is 58.9 Å². The van der Waals surface area contributed by atoms with Gasteiger partial charge >= 0.3 is 0 Å². The molecule has 6 heteroatoms. The maximum atomic E-state index is 11.9. The predicted octanol–water partition coefficient (Wildman–Crippen LogP) is 5.13.